The molecule has 1 aliphatic rings. The molecule has 3 rings (SSSR count). The van der Waals surface area contributed by atoms with E-state index >= 15 is 0 Å². The summed E-state index contributed by atoms with van der Waals surface area (Å²) in [6.45, 7) is 6.83. The van der Waals surface area contributed by atoms with Gasteiger partial charge in [0.15, 0.2) is 0 Å². The van der Waals surface area contributed by atoms with Crippen molar-refractivity contribution >= 4 is 11.4 Å². The zero-order valence-corrected chi connectivity index (χ0v) is 39.2. The molecule has 0 saturated heterocycles. The van der Waals surface area contributed by atoms with E-state index in [9.17, 15) is 5.53 Å². The van der Waals surface area contributed by atoms with Crippen LogP contribution in [0.2, 0.25) is 0 Å². The molecule has 1 heterocycles. The maximum atomic E-state index is 12.0. The molecule has 0 N–H and O–H groups in total. The fourth-order valence-electron chi connectivity index (χ4n) is 8.40. The molecule has 0 bridgehead atoms. The molecule has 0 fully saturated rings. The van der Waals surface area contributed by atoms with E-state index in [1.54, 1.807) is 0 Å². The minimum absolute atomic E-state index is 0. The fourth-order valence-corrected chi connectivity index (χ4v) is 8.40. The largest absolute Gasteiger partial charge is 0.493 e. The van der Waals surface area contributed by atoms with Crippen molar-refractivity contribution in [2.24, 2.45) is 0 Å². The number of nitrogens with zero attached hydrogens (tertiary/aromatic N) is 2. The number of hydrogen-bond acceptors (Lipinski definition) is 0. The number of hydrogen-bond donors (Lipinski definition) is 0. The van der Waals surface area contributed by atoms with Gasteiger partial charge in [-0.25, -0.2) is 4.70 Å². The Balaban J connectivity index is 0.0000120. The van der Waals surface area contributed by atoms with Crippen LogP contribution in [-0.4, -0.2) is 4.70 Å². The van der Waals surface area contributed by atoms with E-state index in [-0.39, 0.29) is 16.5 Å². The van der Waals surface area contributed by atoms with Gasteiger partial charge in [0.25, 0.3) is 0 Å². The summed E-state index contributed by atoms with van der Waals surface area (Å²) in [4.78, 5) is 0. The predicted molar refractivity (Wildman–Crippen MR) is 255 cm³/mol. The molecule has 0 spiro atoms. The van der Waals surface area contributed by atoms with Gasteiger partial charge in [-0.05, 0) is 61.8 Å². The normalized spacial score (nSPS) is 12.2. The molecule has 0 atom stereocenters. The third-order valence-corrected chi connectivity index (χ3v) is 12.0. The monoisotopic (exact) mass is 843 g/mol. The van der Waals surface area contributed by atoms with Crippen LogP contribution in [0.4, 0.5) is 0 Å². The van der Waals surface area contributed by atoms with Gasteiger partial charge in [-0.2, -0.15) is 0 Å². The first-order valence-corrected chi connectivity index (χ1v) is 24.7. The average molecular weight is 844 g/mol. The van der Waals surface area contributed by atoms with E-state index in [1.165, 1.54) is 175 Å². The van der Waals surface area contributed by atoms with Gasteiger partial charge in [-0.1, -0.05) is 205 Å². The number of benzene rings is 2. The zero-order valence-electron chi connectivity index (χ0n) is 38.2. The molecule has 328 valence electrons. The van der Waals surface area contributed by atoms with E-state index in [2.05, 4.69) is 99.1 Å². The molecule has 2 aromatic rings. The molecule has 0 radical (unpaired) electrons. The van der Waals surface area contributed by atoms with Gasteiger partial charge in [0, 0.05) is 65.0 Å². The van der Waals surface area contributed by atoms with Crippen LogP contribution in [0.25, 0.3) is 16.9 Å². The first-order chi connectivity index (χ1) is 28.7. The van der Waals surface area contributed by atoms with Gasteiger partial charge < -0.3 is 5.53 Å². The Kier molecular flexibility index (Phi) is 31.8. The van der Waals surface area contributed by atoms with Crippen molar-refractivity contribution in [3.05, 3.63) is 88.0 Å². The second-order valence-corrected chi connectivity index (χ2v) is 17.1. The van der Waals surface area contributed by atoms with E-state index in [0.717, 1.165) is 80.3 Å². The van der Waals surface area contributed by atoms with Gasteiger partial charge in [0.05, 0.1) is 0 Å². The van der Waals surface area contributed by atoms with Crippen LogP contribution in [0.1, 0.15) is 242 Å². The Morgan fingerprint density at radius 2 is 0.763 bits per heavy atom. The predicted octanol–water partition coefficient (Wildman–Crippen LogP) is 17.7. The van der Waals surface area contributed by atoms with Crippen molar-refractivity contribution in [3.63, 3.8) is 0 Å². The van der Waals surface area contributed by atoms with E-state index in [4.69, 9.17) is 0 Å². The number of aryl methyl sites for hydroxylation is 2. The Morgan fingerprint density at radius 1 is 0.407 bits per heavy atom. The number of allylic oxidation sites excluding steroid dienone is 2. The van der Waals surface area contributed by atoms with Crippen LogP contribution >= 0.6 is 0 Å². The van der Waals surface area contributed by atoms with Crippen molar-refractivity contribution in [3.8, 4) is 23.7 Å². The van der Waals surface area contributed by atoms with Gasteiger partial charge in [-0.15, -0.1) is 23.7 Å². The quantitative estimate of drug-likeness (QED) is 0.0296. The van der Waals surface area contributed by atoms with Crippen molar-refractivity contribution in [1.29, 1.82) is 0 Å². The van der Waals surface area contributed by atoms with Crippen molar-refractivity contribution in [1.82, 2.24) is 0 Å². The fraction of sp³-hybridized carbons (Fsp3) is 0.643. The maximum Gasteiger partial charge on any atom is 0.211 e. The summed E-state index contributed by atoms with van der Waals surface area (Å²) in [6, 6.07) is 17.3. The van der Waals surface area contributed by atoms with Gasteiger partial charge in [0.1, 0.15) is 0 Å². The molecular weight excluding hydrogens is 759 g/mol. The topological polar surface area (TPSA) is 25.3 Å². The second-order valence-electron chi connectivity index (χ2n) is 17.1. The van der Waals surface area contributed by atoms with Crippen molar-refractivity contribution in [2.75, 3.05) is 0 Å². The Labute approximate surface area is 375 Å². The minimum Gasteiger partial charge on any atom is -0.493 e. The summed E-state index contributed by atoms with van der Waals surface area (Å²) >= 11 is 0. The van der Waals surface area contributed by atoms with Crippen LogP contribution in [0.15, 0.2) is 60.2 Å². The van der Waals surface area contributed by atoms with E-state index in [0.29, 0.717) is 0 Å². The van der Waals surface area contributed by atoms with E-state index < -0.39 is 0 Å². The third kappa shape index (κ3) is 22.5. The molecule has 1 aliphatic heterocycles. The summed E-state index contributed by atoms with van der Waals surface area (Å²) in [5.74, 6) is 13.9. The molecule has 0 aliphatic carbocycles. The Morgan fingerprint density at radius 3 is 1.20 bits per heavy atom. The minimum atomic E-state index is 0. The van der Waals surface area contributed by atoms with Crippen LogP contribution in [0.5, 0.6) is 0 Å². The first kappa shape index (κ1) is 52.3. The van der Waals surface area contributed by atoms with Crippen LogP contribution in [0.3, 0.4) is 0 Å². The molecule has 0 saturated carbocycles. The summed E-state index contributed by atoms with van der Waals surface area (Å²) in [5, 5.41) is 0. The second kappa shape index (κ2) is 35.8. The summed E-state index contributed by atoms with van der Waals surface area (Å²) in [7, 11) is 0. The SMILES string of the molecule is CCCCCCCCCCCCCCC#CCCc1ccccc1C1=CC(CCCC)=C(c2ccccc2CCC#CCCCCCCCCCCCCCC)[N+]1=[N-].[Ni]. The first-order valence-electron chi connectivity index (χ1n) is 24.7. The number of unbranched alkanes of at least 4 members (excludes halogenated alkanes) is 25. The zero-order chi connectivity index (χ0) is 41.1. The molecule has 3 heteroatoms. The van der Waals surface area contributed by atoms with Crippen molar-refractivity contribution in [2.45, 2.75) is 233 Å². The Hall–Kier alpha value is -2.87. The van der Waals surface area contributed by atoms with Gasteiger partial charge in [-0.3, -0.25) is 0 Å². The molecule has 2 nitrogen and oxygen atoms in total. The molecule has 59 heavy (non-hydrogen) atoms. The smallest absolute Gasteiger partial charge is 0.211 e. The van der Waals surface area contributed by atoms with E-state index in [1.807, 2.05) is 0 Å². The number of rotatable bonds is 33. The summed E-state index contributed by atoms with van der Waals surface area (Å²) in [6.07, 6.45) is 44.0. The van der Waals surface area contributed by atoms with Crippen LogP contribution < -0.4 is 0 Å². The van der Waals surface area contributed by atoms with Crippen LogP contribution in [-0.2, 0) is 29.3 Å². The molecular formula is C56H84N2Ni. The maximum absolute atomic E-state index is 12.0. The van der Waals surface area contributed by atoms with Crippen LogP contribution in [0, 0.1) is 23.7 Å². The van der Waals surface area contributed by atoms with Crippen molar-refractivity contribution < 1.29 is 21.2 Å². The molecule has 0 aromatic heterocycles. The summed E-state index contributed by atoms with van der Waals surface area (Å²) < 4.78 is 1.49. The molecule has 0 unspecified atom stereocenters. The standard InChI is InChI=1S/C56H84N2.Ni/c1-4-7-10-12-14-16-18-20-22-24-26-28-30-32-34-36-43-50-45-38-40-47-53(50)55-49-52(42-9-6-3)56(58(55)57)54-48-41-39-46-51(54)44-37-35-33-31-29-27-25-23-21-19-17-15-13-11-8-5-2;/h38-41,45-49H,4-31,36-37,42-44H2,1-3H3;. The summed E-state index contributed by atoms with van der Waals surface area (Å²) in [5.41, 5.74) is 19.8. The Bertz CT molecular complexity index is 1590. The third-order valence-electron chi connectivity index (χ3n) is 12.0. The van der Waals surface area contributed by atoms with Gasteiger partial charge >= 0.3 is 0 Å². The molecule has 2 aromatic carbocycles. The molecule has 0 amide bonds. The van der Waals surface area contributed by atoms with Gasteiger partial charge in [0.2, 0.25) is 11.4 Å². The average Bonchev–Trinajstić information content (AvgIpc) is 3.57.